The van der Waals surface area contributed by atoms with Gasteiger partial charge in [-0.3, -0.25) is 20.0 Å². The number of nitro groups is 1. The molecule has 1 aromatic heterocycles. The highest BCUT2D eigenvalue weighted by Crippen LogP contribution is 2.24. The molecule has 6 heteroatoms. The van der Waals surface area contributed by atoms with Gasteiger partial charge in [-0.05, 0) is 24.3 Å². The number of ketones is 1. The second-order valence-electron chi connectivity index (χ2n) is 5.95. The zero-order valence-electron chi connectivity index (χ0n) is 12.7. The van der Waals surface area contributed by atoms with Crippen molar-refractivity contribution in [2.45, 2.75) is 26.2 Å². The predicted molar refractivity (Wildman–Crippen MR) is 83.7 cm³/mol. The van der Waals surface area contributed by atoms with E-state index in [9.17, 15) is 14.9 Å². The van der Waals surface area contributed by atoms with Crippen molar-refractivity contribution >= 4 is 17.5 Å². The Morgan fingerprint density at radius 1 is 1.27 bits per heavy atom. The molecule has 0 atom stereocenters. The van der Waals surface area contributed by atoms with Gasteiger partial charge in [-0.1, -0.05) is 20.8 Å². The number of carbonyl (C=O) groups excluding carboxylic acids is 1. The Kier molecular flexibility index (Phi) is 4.21. The Morgan fingerprint density at radius 3 is 2.45 bits per heavy atom. The maximum Gasteiger partial charge on any atom is 0.269 e. The summed E-state index contributed by atoms with van der Waals surface area (Å²) in [7, 11) is 0. The van der Waals surface area contributed by atoms with Crippen LogP contribution >= 0.6 is 0 Å². The molecule has 22 heavy (non-hydrogen) atoms. The lowest BCUT2D eigenvalue weighted by Crippen LogP contribution is -2.13. The summed E-state index contributed by atoms with van der Waals surface area (Å²) >= 11 is 0. The van der Waals surface area contributed by atoms with Crippen LogP contribution in [-0.4, -0.2) is 20.9 Å². The number of hydrogen-bond acceptors (Lipinski definition) is 4. The lowest BCUT2D eigenvalue weighted by molar-refractivity contribution is -0.384. The number of carbonyl (C=O) groups is 1. The van der Waals surface area contributed by atoms with Crippen LogP contribution in [0.4, 0.5) is 5.69 Å². The monoisotopic (exact) mass is 299 g/mol. The van der Waals surface area contributed by atoms with Crippen molar-refractivity contribution in [3.8, 4) is 0 Å². The van der Waals surface area contributed by atoms with Crippen LogP contribution in [0.25, 0.3) is 6.08 Å². The molecule has 0 fully saturated rings. The van der Waals surface area contributed by atoms with Crippen LogP contribution < -0.4 is 0 Å². The van der Waals surface area contributed by atoms with Crippen LogP contribution in [-0.2, 0) is 5.41 Å². The third-order valence-corrected chi connectivity index (χ3v) is 3.20. The number of aromatic amines is 1. The van der Waals surface area contributed by atoms with Crippen LogP contribution in [0.2, 0.25) is 0 Å². The Hall–Kier alpha value is -2.76. The van der Waals surface area contributed by atoms with Gasteiger partial charge in [0.05, 0.1) is 11.1 Å². The Morgan fingerprint density at radius 2 is 1.91 bits per heavy atom. The van der Waals surface area contributed by atoms with Crippen molar-refractivity contribution < 1.29 is 9.72 Å². The molecule has 0 aliphatic heterocycles. The van der Waals surface area contributed by atoms with Crippen LogP contribution in [0.1, 0.15) is 42.4 Å². The van der Waals surface area contributed by atoms with Gasteiger partial charge in [0.1, 0.15) is 0 Å². The highest BCUT2D eigenvalue weighted by molar-refractivity contribution is 6.06. The maximum atomic E-state index is 12.1. The van der Waals surface area contributed by atoms with Gasteiger partial charge in [0.15, 0.2) is 5.78 Å². The number of nitrogens with zero attached hydrogens (tertiary/aromatic N) is 2. The third-order valence-electron chi connectivity index (χ3n) is 3.20. The number of rotatable bonds is 4. The molecule has 1 heterocycles. The SMILES string of the molecule is CC(C)(C)c1[nH]ncc1/C=C\C(=O)c1ccc([N+](=O)[O-])cc1. The Bertz CT molecular complexity index is 722. The van der Waals surface area contributed by atoms with Crippen LogP contribution in [0.5, 0.6) is 0 Å². The van der Waals surface area contributed by atoms with Gasteiger partial charge < -0.3 is 0 Å². The summed E-state index contributed by atoms with van der Waals surface area (Å²) in [5.74, 6) is -0.212. The zero-order chi connectivity index (χ0) is 16.3. The fraction of sp³-hybridized carbons (Fsp3) is 0.250. The molecule has 0 saturated carbocycles. The van der Waals surface area contributed by atoms with E-state index >= 15 is 0 Å². The second kappa shape index (κ2) is 5.93. The Balaban J connectivity index is 2.18. The van der Waals surface area contributed by atoms with Crippen LogP contribution in [0, 0.1) is 10.1 Å². The molecule has 2 rings (SSSR count). The fourth-order valence-electron chi connectivity index (χ4n) is 2.03. The fourth-order valence-corrected chi connectivity index (χ4v) is 2.03. The van der Waals surface area contributed by atoms with E-state index in [0.717, 1.165) is 11.3 Å². The normalized spacial score (nSPS) is 11.8. The molecule has 0 radical (unpaired) electrons. The van der Waals surface area contributed by atoms with E-state index in [4.69, 9.17) is 0 Å². The van der Waals surface area contributed by atoms with Crippen molar-refractivity contribution in [1.29, 1.82) is 0 Å². The molecule has 0 spiro atoms. The quantitative estimate of drug-likeness (QED) is 0.405. The van der Waals surface area contributed by atoms with E-state index in [2.05, 4.69) is 31.0 Å². The molecule has 6 nitrogen and oxygen atoms in total. The van der Waals surface area contributed by atoms with Gasteiger partial charge >= 0.3 is 0 Å². The maximum absolute atomic E-state index is 12.1. The predicted octanol–water partition coefficient (Wildman–Crippen LogP) is 3.51. The van der Waals surface area contributed by atoms with E-state index in [0.29, 0.717) is 5.56 Å². The number of allylic oxidation sites excluding steroid dienone is 1. The van der Waals surface area contributed by atoms with Crippen molar-refractivity contribution in [2.75, 3.05) is 0 Å². The number of aromatic nitrogens is 2. The minimum Gasteiger partial charge on any atom is -0.289 e. The van der Waals surface area contributed by atoms with E-state index in [1.807, 2.05) is 0 Å². The Labute approximate surface area is 128 Å². The minimum atomic E-state index is -0.495. The first-order chi connectivity index (χ1) is 10.3. The molecular formula is C16H17N3O3. The highest BCUT2D eigenvalue weighted by atomic mass is 16.6. The van der Waals surface area contributed by atoms with Gasteiger partial charge in [0.25, 0.3) is 5.69 Å². The van der Waals surface area contributed by atoms with Gasteiger partial charge in [-0.15, -0.1) is 0 Å². The van der Waals surface area contributed by atoms with E-state index < -0.39 is 4.92 Å². The summed E-state index contributed by atoms with van der Waals surface area (Å²) in [6.07, 6.45) is 4.81. The van der Waals surface area contributed by atoms with Gasteiger partial charge in [-0.25, -0.2) is 0 Å². The first-order valence-electron chi connectivity index (χ1n) is 6.80. The number of nitro benzene ring substituents is 1. The lowest BCUT2D eigenvalue weighted by atomic mass is 9.89. The number of H-pyrrole nitrogens is 1. The van der Waals surface area contributed by atoms with Gasteiger partial charge in [-0.2, -0.15) is 5.10 Å². The summed E-state index contributed by atoms with van der Waals surface area (Å²) in [5, 5.41) is 17.5. The molecule has 114 valence electrons. The standard InChI is InChI=1S/C16H17N3O3/c1-16(2,3)15-12(10-17-18-15)6-9-14(20)11-4-7-13(8-5-11)19(21)22/h4-10H,1-3H3,(H,17,18)/b9-6-. The average molecular weight is 299 g/mol. The summed E-state index contributed by atoms with van der Waals surface area (Å²) in [4.78, 5) is 22.2. The van der Waals surface area contributed by atoms with Crippen LogP contribution in [0.15, 0.2) is 36.5 Å². The zero-order valence-corrected chi connectivity index (χ0v) is 12.7. The topological polar surface area (TPSA) is 88.9 Å². The van der Waals surface area contributed by atoms with Crippen molar-refractivity contribution in [3.63, 3.8) is 0 Å². The number of benzene rings is 1. The number of hydrogen-bond donors (Lipinski definition) is 1. The molecular weight excluding hydrogens is 282 g/mol. The second-order valence-corrected chi connectivity index (χ2v) is 5.95. The molecule has 0 amide bonds. The van der Waals surface area contributed by atoms with E-state index in [-0.39, 0.29) is 16.9 Å². The number of non-ortho nitro benzene ring substituents is 1. The first-order valence-corrected chi connectivity index (χ1v) is 6.80. The molecule has 1 N–H and O–H groups in total. The molecule has 2 aromatic rings. The lowest BCUT2D eigenvalue weighted by Gasteiger charge is -2.17. The van der Waals surface area contributed by atoms with Crippen molar-refractivity contribution in [1.82, 2.24) is 10.2 Å². The van der Waals surface area contributed by atoms with Gasteiger partial charge in [0.2, 0.25) is 0 Å². The molecule has 0 unspecified atom stereocenters. The van der Waals surface area contributed by atoms with Crippen molar-refractivity contribution in [3.05, 3.63) is 63.5 Å². The molecule has 0 bridgehead atoms. The van der Waals surface area contributed by atoms with Gasteiger partial charge in [0, 0.05) is 34.4 Å². The molecule has 0 aliphatic carbocycles. The molecule has 0 aliphatic rings. The largest absolute Gasteiger partial charge is 0.289 e. The third kappa shape index (κ3) is 3.46. The van der Waals surface area contributed by atoms with E-state index in [1.165, 1.54) is 30.3 Å². The molecule has 0 saturated heterocycles. The first kappa shape index (κ1) is 15.6. The van der Waals surface area contributed by atoms with E-state index in [1.54, 1.807) is 12.3 Å². The summed E-state index contributed by atoms with van der Waals surface area (Å²) in [6, 6.07) is 5.54. The highest BCUT2D eigenvalue weighted by Gasteiger charge is 2.18. The number of nitrogens with one attached hydrogen (secondary N) is 1. The average Bonchev–Trinajstić information content (AvgIpc) is 2.93. The summed E-state index contributed by atoms with van der Waals surface area (Å²) in [6.45, 7) is 6.15. The molecule has 1 aromatic carbocycles. The summed E-state index contributed by atoms with van der Waals surface area (Å²) < 4.78 is 0. The summed E-state index contributed by atoms with van der Waals surface area (Å²) in [5.41, 5.74) is 2.06. The van der Waals surface area contributed by atoms with Crippen LogP contribution in [0.3, 0.4) is 0 Å². The smallest absolute Gasteiger partial charge is 0.269 e. The minimum absolute atomic E-state index is 0.0367. The van der Waals surface area contributed by atoms with Crippen molar-refractivity contribution in [2.24, 2.45) is 0 Å².